The molecule has 1 rings (SSSR count). The van der Waals surface area contributed by atoms with Crippen LogP contribution in [0.2, 0.25) is 0 Å². The van der Waals surface area contributed by atoms with Crippen LogP contribution in [0.1, 0.15) is 40.5 Å². The van der Waals surface area contributed by atoms with Gasteiger partial charge in [-0.25, -0.2) is 0 Å². The van der Waals surface area contributed by atoms with Gasteiger partial charge in [-0.05, 0) is 40.2 Å². The van der Waals surface area contributed by atoms with Crippen LogP contribution in [0.4, 0.5) is 0 Å². The van der Waals surface area contributed by atoms with Gasteiger partial charge in [-0.3, -0.25) is 4.90 Å². The summed E-state index contributed by atoms with van der Waals surface area (Å²) in [6.45, 7) is 11.6. The van der Waals surface area contributed by atoms with Gasteiger partial charge >= 0.3 is 0 Å². The third kappa shape index (κ3) is 2.96. The van der Waals surface area contributed by atoms with E-state index in [2.05, 4.69) is 37.9 Å². The molecule has 2 heteroatoms. The first-order valence-electron chi connectivity index (χ1n) is 5.64. The zero-order valence-electron chi connectivity index (χ0n) is 9.51. The van der Waals surface area contributed by atoms with E-state index in [9.17, 15) is 0 Å². The highest BCUT2D eigenvalue weighted by atomic mass is 15.2. The third-order valence-electron chi connectivity index (χ3n) is 3.15. The molecular formula is C11H24N2. The van der Waals surface area contributed by atoms with Crippen molar-refractivity contribution in [2.24, 2.45) is 0 Å². The molecule has 0 amide bonds. The molecule has 0 radical (unpaired) electrons. The highest BCUT2D eigenvalue weighted by Gasteiger charge is 2.23. The van der Waals surface area contributed by atoms with Crippen LogP contribution in [-0.4, -0.2) is 36.1 Å². The average molecular weight is 184 g/mol. The summed E-state index contributed by atoms with van der Waals surface area (Å²) >= 11 is 0. The van der Waals surface area contributed by atoms with Crippen LogP contribution in [0.15, 0.2) is 0 Å². The number of hydrogen-bond donors (Lipinski definition) is 1. The second-order valence-corrected chi connectivity index (χ2v) is 4.49. The first kappa shape index (κ1) is 11.0. The van der Waals surface area contributed by atoms with Crippen molar-refractivity contribution in [3.63, 3.8) is 0 Å². The summed E-state index contributed by atoms with van der Waals surface area (Å²) in [4.78, 5) is 2.62. The molecule has 0 bridgehead atoms. The fourth-order valence-electron chi connectivity index (χ4n) is 2.15. The van der Waals surface area contributed by atoms with Crippen molar-refractivity contribution >= 4 is 0 Å². The van der Waals surface area contributed by atoms with E-state index in [0.29, 0.717) is 12.1 Å². The molecule has 1 fully saturated rings. The van der Waals surface area contributed by atoms with Gasteiger partial charge < -0.3 is 5.32 Å². The lowest BCUT2D eigenvalue weighted by molar-refractivity contribution is 0.160. The minimum absolute atomic E-state index is 0.684. The Morgan fingerprint density at radius 1 is 1.46 bits per heavy atom. The van der Waals surface area contributed by atoms with Gasteiger partial charge in [0, 0.05) is 24.7 Å². The van der Waals surface area contributed by atoms with Gasteiger partial charge in [0.15, 0.2) is 0 Å². The summed E-state index contributed by atoms with van der Waals surface area (Å²) in [6, 6.07) is 2.13. The van der Waals surface area contributed by atoms with Crippen molar-refractivity contribution in [3.8, 4) is 0 Å². The van der Waals surface area contributed by atoms with E-state index in [1.165, 1.54) is 25.9 Å². The van der Waals surface area contributed by atoms with Gasteiger partial charge in [-0.2, -0.15) is 0 Å². The predicted octanol–water partition coefficient (Wildman–Crippen LogP) is 1.86. The number of nitrogens with one attached hydrogen (secondary N) is 1. The molecule has 1 aliphatic rings. The van der Waals surface area contributed by atoms with E-state index < -0.39 is 0 Å². The lowest BCUT2D eigenvalue weighted by Crippen LogP contribution is -2.43. The standard InChI is InChI=1S/C11H24N2/c1-5-11-8-13(9(2)3)10(4)6-7-12-11/h9-12H,5-8H2,1-4H3. The van der Waals surface area contributed by atoms with Crippen molar-refractivity contribution in [1.82, 2.24) is 10.2 Å². The molecule has 1 heterocycles. The van der Waals surface area contributed by atoms with E-state index in [-0.39, 0.29) is 0 Å². The molecule has 2 nitrogen and oxygen atoms in total. The van der Waals surface area contributed by atoms with E-state index in [1.807, 2.05) is 0 Å². The maximum Gasteiger partial charge on any atom is 0.0192 e. The smallest absolute Gasteiger partial charge is 0.0192 e. The van der Waals surface area contributed by atoms with Crippen molar-refractivity contribution in [3.05, 3.63) is 0 Å². The monoisotopic (exact) mass is 184 g/mol. The molecule has 0 spiro atoms. The van der Waals surface area contributed by atoms with Crippen LogP contribution >= 0.6 is 0 Å². The van der Waals surface area contributed by atoms with Crippen LogP contribution in [0.3, 0.4) is 0 Å². The van der Waals surface area contributed by atoms with Crippen LogP contribution in [0.25, 0.3) is 0 Å². The van der Waals surface area contributed by atoms with Gasteiger partial charge in [0.2, 0.25) is 0 Å². The SMILES string of the molecule is CCC1CN(C(C)C)C(C)CCN1. The summed E-state index contributed by atoms with van der Waals surface area (Å²) < 4.78 is 0. The molecule has 2 unspecified atom stereocenters. The second kappa shape index (κ2) is 4.97. The number of hydrogen-bond acceptors (Lipinski definition) is 2. The first-order chi connectivity index (χ1) is 6.15. The van der Waals surface area contributed by atoms with Crippen LogP contribution < -0.4 is 5.32 Å². The molecule has 0 aromatic carbocycles. The quantitative estimate of drug-likeness (QED) is 0.704. The lowest BCUT2D eigenvalue weighted by atomic mass is 10.1. The minimum Gasteiger partial charge on any atom is -0.313 e. The Hall–Kier alpha value is -0.0800. The molecule has 1 N–H and O–H groups in total. The highest BCUT2D eigenvalue weighted by Crippen LogP contribution is 2.13. The molecular weight excluding hydrogens is 160 g/mol. The van der Waals surface area contributed by atoms with Crippen LogP contribution in [0, 0.1) is 0 Å². The van der Waals surface area contributed by atoms with Crippen molar-refractivity contribution in [2.45, 2.75) is 58.7 Å². The summed E-state index contributed by atoms with van der Waals surface area (Å²) in [6.07, 6.45) is 2.53. The second-order valence-electron chi connectivity index (χ2n) is 4.49. The summed E-state index contributed by atoms with van der Waals surface area (Å²) in [5.74, 6) is 0. The van der Waals surface area contributed by atoms with Gasteiger partial charge in [0.1, 0.15) is 0 Å². The van der Waals surface area contributed by atoms with Crippen molar-refractivity contribution in [1.29, 1.82) is 0 Å². The molecule has 0 aliphatic carbocycles. The average Bonchev–Trinajstić information content (AvgIpc) is 2.26. The molecule has 78 valence electrons. The zero-order valence-corrected chi connectivity index (χ0v) is 9.51. The van der Waals surface area contributed by atoms with E-state index in [0.717, 1.165) is 6.04 Å². The molecule has 1 aliphatic heterocycles. The van der Waals surface area contributed by atoms with Crippen molar-refractivity contribution < 1.29 is 0 Å². The zero-order chi connectivity index (χ0) is 9.84. The Morgan fingerprint density at radius 2 is 2.15 bits per heavy atom. The van der Waals surface area contributed by atoms with Gasteiger partial charge in [-0.1, -0.05) is 6.92 Å². The predicted molar refractivity (Wildman–Crippen MR) is 58.0 cm³/mol. The molecule has 1 saturated heterocycles. The fraction of sp³-hybridized carbons (Fsp3) is 1.00. The summed E-state index contributed by atoms with van der Waals surface area (Å²) in [7, 11) is 0. The Bertz CT molecular complexity index is 145. The van der Waals surface area contributed by atoms with Crippen molar-refractivity contribution in [2.75, 3.05) is 13.1 Å². The van der Waals surface area contributed by atoms with E-state index in [4.69, 9.17) is 0 Å². The Kier molecular flexibility index (Phi) is 4.20. The highest BCUT2D eigenvalue weighted by molar-refractivity contribution is 4.81. The Balaban J connectivity index is 2.56. The van der Waals surface area contributed by atoms with Crippen LogP contribution in [-0.2, 0) is 0 Å². The molecule has 0 aromatic rings. The molecule has 0 saturated carbocycles. The third-order valence-corrected chi connectivity index (χ3v) is 3.15. The van der Waals surface area contributed by atoms with Crippen LogP contribution in [0.5, 0.6) is 0 Å². The normalized spacial score (nSPS) is 32.1. The van der Waals surface area contributed by atoms with Gasteiger partial charge in [0.25, 0.3) is 0 Å². The Labute approximate surface area is 82.7 Å². The van der Waals surface area contributed by atoms with E-state index in [1.54, 1.807) is 0 Å². The summed E-state index contributed by atoms with van der Waals surface area (Å²) in [5.41, 5.74) is 0. The molecule has 13 heavy (non-hydrogen) atoms. The first-order valence-corrected chi connectivity index (χ1v) is 5.64. The fourth-order valence-corrected chi connectivity index (χ4v) is 2.15. The largest absolute Gasteiger partial charge is 0.313 e. The molecule has 0 aromatic heterocycles. The van der Waals surface area contributed by atoms with E-state index >= 15 is 0 Å². The molecule has 2 atom stereocenters. The Morgan fingerprint density at radius 3 is 2.69 bits per heavy atom. The number of rotatable bonds is 2. The maximum atomic E-state index is 3.60. The maximum absolute atomic E-state index is 3.60. The summed E-state index contributed by atoms with van der Waals surface area (Å²) in [5, 5.41) is 3.60. The minimum atomic E-state index is 0.684. The van der Waals surface area contributed by atoms with Gasteiger partial charge in [-0.15, -0.1) is 0 Å². The topological polar surface area (TPSA) is 15.3 Å². The lowest BCUT2D eigenvalue weighted by Gasteiger charge is -2.32. The number of nitrogens with zero attached hydrogens (tertiary/aromatic N) is 1. The van der Waals surface area contributed by atoms with Gasteiger partial charge in [0.05, 0.1) is 0 Å².